The molecular formula is C17H25NO. The van der Waals surface area contributed by atoms with Gasteiger partial charge in [0.1, 0.15) is 0 Å². The summed E-state index contributed by atoms with van der Waals surface area (Å²) >= 11 is 0. The molecule has 0 spiro atoms. The van der Waals surface area contributed by atoms with E-state index in [1.165, 1.54) is 30.4 Å². The van der Waals surface area contributed by atoms with Crippen LogP contribution in [0.2, 0.25) is 0 Å². The van der Waals surface area contributed by atoms with Crippen LogP contribution in [0.15, 0.2) is 24.3 Å². The van der Waals surface area contributed by atoms with Crippen LogP contribution in [0.4, 0.5) is 0 Å². The molecule has 0 amide bonds. The summed E-state index contributed by atoms with van der Waals surface area (Å²) in [5.41, 5.74) is 2.95. The highest BCUT2D eigenvalue weighted by molar-refractivity contribution is 5.33. The van der Waals surface area contributed by atoms with Gasteiger partial charge in [-0.1, -0.05) is 44.0 Å². The fourth-order valence-electron chi connectivity index (χ4n) is 3.16. The van der Waals surface area contributed by atoms with Gasteiger partial charge in [-0.2, -0.15) is 0 Å². The van der Waals surface area contributed by atoms with E-state index < -0.39 is 0 Å². The third-order valence-electron chi connectivity index (χ3n) is 4.44. The van der Waals surface area contributed by atoms with Gasteiger partial charge in [0.25, 0.3) is 0 Å². The summed E-state index contributed by atoms with van der Waals surface area (Å²) in [6, 6.07) is 9.21. The predicted octanol–water partition coefficient (Wildman–Crippen LogP) is 3.47. The van der Waals surface area contributed by atoms with Crippen LogP contribution in [-0.2, 0) is 11.2 Å². The average molecular weight is 259 g/mol. The molecule has 2 nitrogen and oxygen atoms in total. The Labute approximate surface area is 116 Å². The molecule has 3 rings (SSSR count). The van der Waals surface area contributed by atoms with Crippen molar-refractivity contribution >= 4 is 0 Å². The molecule has 2 heteroatoms. The van der Waals surface area contributed by atoms with Crippen molar-refractivity contribution in [1.82, 2.24) is 5.32 Å². The minimum absolute atomic E-state index is 0.355. The molecule has 0 bridgehead atoms. The van der Waals surface area contributed by atoms with Gasteiger partial charge >= 0.3 is 0 Å². The quantitative estimate of drug-likeness (QED) is 0.844. The van der Waals surface area contributed by atoms with Crippen LogP contribution in [0.25, 0.3) is 0 Å². The second-order valence-corrected chi connectivity index (χ2v) is 5.91. The monoisotopic (exact) mass is 259 g/mol. The summed E-state index contributed by atoms with van der Waals surface area (Å²) in [5.74, 6) is 0.966. The Bertz CT molecular complexity index is 413. The molecule has 1 aromatic rings. The van der Waals surface area contributed by atoms with Gasteiger partial charge in [0.2, 0.25) is 0 Å². The lowest BCUT2D eigenvalue weighted by atomic mass is 9.85. The van der Waals surface area contributed by atoms with Crippen molar-refractivity contribution in [2.75, 3.05) is 13.2 Å². The van der Waals surface area contributed by atoms with E-state index in [1.807, 2.05) is 0 Å². The van der Waals surface area contributed by atoms with Gasteiger partial charge in [0, 0.05) is 6.61 Å². The molecule has 19 heavy (non-hydrogen) atoms. The topological polar surface area (TPSA) is 21.3 Å². The van der Waals surface area contributed by atoms with Crippen LogP contribution in [-0.4, -0.2) is 19.3 Å². The number of aryl methyl sites for hydroxylation is 1. The Kier molecular flexibility index (Phi) is 4.19. The molecule has 0 radical (unpaired) electrons. The van der Waals surface area contributed by atoms with Crippen LogP contribution in [0.1, 0.15) is 49.8 Å². The van der Waals surface area contributed by atoms with Gasteiger partial charge in [-0.3, -0.25) is 0 Å². The number of benzene rings is 1. The number of rotatable bonds is 6. The Morgan fingerprint density at radius 3 is 2.84 bits per heavy atom. The Balaban J connectivity index is 1.65. The lowest BCUT2D eigenvalue weighted by Crippen LogP contribution is -2.37. The number of hydrogen-bond donors (Lipinski definition) is 1. The van der Waals surface area contributed by atoms with Crippen molar-refractivity contribution in [3.63, 3.8) is 0 Å². The first-order chi connectivity index (χ1) is 9.38. The number of fused-ring (bicyclic) bond motifs is 1. The van der Waals surface area contributed by atoms with Crippen LogP contribution in [0.3, 0.4) is 0 Å². The Morgan fingerprint density at radius 2 is 2.05 bits per heavy atom. The largest absolute Gasteiger partial charge is 0.376 e. The molecule has 2 atom stereocenters. The number of ether oxygens (including phenoxy) is 1. The van der Waals surface area contributed by atoms with Gasteiger partial charge in [0.05, 0.1) is 12.1 Å². The first-order valence-corrected chi connectivity index (χ1v) is 7.81. The SMILES string of the molecule is CCNC1c2ccccc2CCC1OCCC1CC1. The Morgan fingerprint density at radius 1 is 1.21 bits per heavy atom. The van der Waals surface area contributed by atoms with Crippen LogP contribution >= 0.6 is 0 Å². The van der Waals surface area contributed by atoms with E-state index in [1.54, 1.807) is 0 Å². The minimum atomic E-state index is 0.355. The van der Waals surface area contributed by atoms with Crippen LogP contribution in [0.5, 0.6) is 0 Å². The second kappa shape index (κ2) is 6.06. The van der Waals surface area contributed by atoms with Gasteiger partial charge in [-0.05, 0) is 42.9 Å². The normalized spacial score (nSPS) is 26.2. The molecule has 104 valence electrons. The summed E-state index contributed by atoms with van der Waals surface area (Å²) in [4.78, 5) is 0. The molecule has 1 saturated carbocycles. The van der Waals surface area contributed by atoms with Crippen molar-refractivity contribution < 1.29 is 4.74 Å². The minimum Gasteiger partial charge on any atom is -0.376 e. The van der Waals surface area contributed by atoms with Crippen molar-refractivity contribution in [1.29, 1.82) is 0 Å². The molecule has 2 unspecified atom stereocenters. The molecule has 1 N–H and O–H groups in total. The van der Waals surface area contributed by atoms with Crippen molar-refractivity contribution in [3.8, 4) is 0 Å². The maximum atomic E-state index is 6.19. The zero-order valence-corrected chi connectivity index (χ0v) is 11.9. The molecule has 2 aliphatic rings. The average Bonchev–Trinajstić information content (AvgIpc) is 3.25. The number of likely N-dealkylation sites (N-methyl/N-ethyl adjacent to an activating group) is 1. The number of nitrogens with one attached hydrogen (secondary N) is 1. The van der Waals surface area contributed by atoms with Gasteiger partial charge in [-0.15, -0.1) is 0 Å². The van der Waals surface area contributed by atoms with E-state index in [0.29, 0.717) is 12.1 Å². The van der Waals surface area contributed by atoms with Crippen LogP contribution in [0, 0.1) is 5.92 Å². The third-order valence-corrected chi connectivity index (χ3v) is 4.44. The van der Waals surface area contributed by atoms with Gasteiger partial charge in [0.15, 0.2) is 0 Å². The third kappa shape index (κ3) is 3.18. The van der Waals surface area contributed by atoms with E-state index in [-0.39, 0.29) is 0 Å². The first kappa shape index (κ1) is 13.1. The number of hydrogen-bond acceptors (Lipinski definition) is 2. The smallest absolute Gasteiger partial charge is 0.0773 e. The van der Waals surface area contributed by atoms with E-state index in [0.717, 1.165) is 31.9 Å². The molecule has 0 aliphatic heterocycles. The fraction of sp³-hybridized carbons (Fsp3) is 0.647. The molecule has 2 aliphatic carbocycles. The lowest BCUT2D eigenvalue weighted by Gasteiger charge is -2.34. The van der Waals surface area contributed by atoms with Crippen molar-refractivity contribution in [2.24, 2.45) is 5.92 Å². The van der Waals surface area contributed by atoms with Crippen LogP contribution < -0.4 is 5.32 Å². The van der Waals surface area contributed by atoms with Crippen molar-refractivity contribution in [2.45, 2.75) is 51.2 Å². The van der Waals surface area contributed by atoms with E-state index in [4.69, 9.17) is 4.74 Å². The summed E-state index contributed by atoms with van der Waals surface area (Å²) in [7, 11) is 0. The highest BCUT2D eigenvalue weighted by Gasteiger charge is 2.30. The molecule has 0 heterocycles. The second-order valence-electron chi connectivity index (χ2n) is 5.91. The van der Waals surface area contributed by atoms with E-state index >= 15 is 0 Å². The maximum absolute atomic E-state index is 6.19. The fourth-order valence-corrected chi connectivity index (χ4v) is 3.16. The highest BCUT2D eigenvalue weighted by Crippen LogP contribution is 2.34. The Hall–Kier alpha value is -0.860. The van der Waals surface area contributed by atoms with E-state index in [9.17, 15) is 0 Å². The maximum Gasteiger partial charge on any atom is 0.0773 e. The molecule has 0 saturated heterocycles. The van der Waals surface area contributed by atoms with E-state index in [2.05, 4.69) is 36.5 Å². The summed E-state index contributed by atoms with van der Waals surface area (Å²) < 4.78 is 6.19. The summed E-state index contributed by atoms with van der Waals surface area (Å²) in [5, 5.41) is 3.62. The van der Waals surface area contributed by atoms with Gasteiger partial charge in [-0.25, -0.2) is 0 Å². The summed E-state index contributed by atoms with van der Waals surface area (Å²) in [6.45, 7) is 4.12. The summed E-state index contributed by atoms with van der Waals surface area (Å²) in [6.07, 6.45) is 6.78. The zero-order chi connectivity index (χ0) is 13.1. The lowest BCUT2D eigenvalue weighted by molar-refractivity contribution is 0.0130. The molecular weight excluding hydrogens is 234 g/mol. The molecule has 0 aromatic heterocycles. The molecule has 1 fully saturated rings. The predicted molar refractivity (Wildman–Crippen MR) is 78.3 cm³/mol. The standard InChI is InChI=1S/C17H25NO/c1-2-18-17-15-6-4-3-5-14(15)9-10-16(17)19-12-11-13-7-8-13/h3-6,13,16-18H,2,7-12H2,1H3. The van der Waals surface area contributed by atoms with Gasteiger partial charge < -0.3 is 10.1 Å². The molecule has 1 aromatic carbocycles. The highest BCUT2D eigenvalue weighted by atomic mass is 16.5. The van der Waals surface area contributed by atoms with Crippen molar-refractivity contribution in [3.05, 3.63) is 35.4 Å². The zero-order valence-electron chi connectivity index (χ0n) is 11.9. The first-order valence-electron chi connectivity index (χ1n) is 7.81.